The van der Waals surface area contributed by atoms with E-state index in [0.717, 1.165) is 25.7 Å². The third-order valence-electron chi connectivity index (χ3n) is 4.80. The predicted octanol–water partition coefficient (Wildman–Crippen LogP) is 2.63. The smallest absolute Gasteiger partial charge is 0.254 e. The Morgan fingerprint density at radius 2 is 1.72 bits per heavy atom. The van der Waals surface area contributed by atoms with Crippen LogP contribution in [0, 0.1) is 0 Å². The number of hydrogen-bond acceptors (Lipinski definition) is 4. The third-order valence-corrected chi connectivity index (χ3v) is 6.70. The van der Waals surface area contributed by atoms with Crippen LogP contribution in [0.4, 0.5) is 0 Å². The van der Waals surface area contributed by atoms with Gasteiger partial charge in [-0.2, -0.15) is 4.31 Å². The minimum absolute atomic E-state index is 0.0737. The molecule has 1 fully saturated rings. The van der Waals surface area contributed by atoms with Crippen molar-refractivity contribution in [3.05, 3.63) is 29.8 Å². The Bertz CT molecular complexity index is 823. The lowest BCUT2D eigenvalue weighted by Crippen LogP contribution is -2.47. The molecule has 7 nitrogen and oxygen atoms in total. The van der Waals surface area contributed by atoms with E-state index in [-0.39, 0.29) is 34.4 Å². The van der Waals surface area contributed by atoms with E-state index in [4.69, 9.17) is 0 Å². The van der Waals surface area contributed by atoms with E-state index in [1.54, 1.807) is 19.1 Å². The molecule has 0 unspecified atom stereocenters. The van der Waals surface area contributed by atoms with Crippen molar-refractivity contribution in [1.82, 2.24) is 14.5 Å². The average Bonchev–Trinajstić information content (AvgIpc) is 2.94. The number of carbonyl (C=O) groups excluding carboxylic acids is 2. The molecule has 0 aromatic heterocycles. The molecule has 1 aromatic rings. The zero-order valence-electron chi connectivity index (χ0n) is 17.9. The second kappa shape index (κ2) is 9.71. The molecule has 0 bridgehead atoms. The molecular formula is C21H33N3O4S. The summed E-state index contributed by atoms with van der Waals surface area (Å²) in [6.07, 6.45) is 3.77. The summed E-state index contributed by atoms with van der Waals surface area (Å²) in [5.74, 6) is -0.606. The lowest BCUT2D eigenvalue weighted by molar-refractivity contribution is -0.123. The Morgan fingerprint density at radius 3 is 2.28 bits per heavy atom. The van der Waals surface area contributed by atoms with Gasteiger partial charge < -0.3 is 10.2 Å². The summed E-state index contributed by atoms with van der Waals surface area (Å²) in [7, 11) is -3.64. The maximum Gasteiger partial charge on any atom is 0.254 e. The van der Waals surface area contributed by atoms with Gasteiger partial charge in [0.25, 0.3) is 5.91 Å². The molecule has 8 heteroatoms. The molecule has 1 aliphatic rings. The van der Waals surface area contributed by atoms with Crippen molar-refractivity contribution in [2.45, 2.75) is 63.8 Å². The first-order valence-electron chi connectivity index (χ1n) is 10.2. The number of sulfonamides is 1. The van der Waals surface area contributed by atoms with Crippen LogP contribution < -0.4 is 5.32 Å². The number of hydrogen-bond donors (Lipinski definition) is 1. The van der Waals surface area contributed by atoms with Gasteiger partial charge in [-0.1, -0.05) is 18.9 Å². The van der Waals surface area contributed by atoms with Gasteiger partial charge in [-0.3, -0.25) is 9.59 Å². The molecule has 0 radical (unpaired) electrons. The second-order valence-corrected chi connectivity index (χ2v) is 10.4. The highest BCUT2D eigenvalue weighted by Gasteiger charge is 2.27. The summed E-state index contributed by atoms with van der Waals surface area (Å²) in [5, 5.41) is 2.84. The van der Waals surface area contributed by atoms with Crippen LogP contribution in [0.1, 0.15) is 63.7 Å². The lowest BCUT2D eigenvalue weighted by atomic mass is 10.1. The van der Waals surface area contributed by atoms with Crippen molar-refractivity contribution in [2.24, 2.45) is 0 Å². The van der Waals surface area contributed by atoms with Crippen molar-refractivity contribution >= 4 is 21.8 Å². The molecule has 1 aromatic carbocycles. The van der Waals surface area contributed by atoms with Gasteiger partial charge in [-0.25, -0.2) is 8.42 Å². The van der Waals surface area contributed by atoms with Crippen molar-refractivity contribution in [2.75, 3.05) is 26.2 Å². The number of benzene rings is 1. The topological polar surface area (TPSA) is 86.8 Å². The van der Waals surface area contributed by atoms with Gasteiger partial charge in [0.1, 0.15) is 0 Å². The summed E-state index contributed by atoms with van der Waals surface area (Å²) in [4.78, 5) is 26.7. The molecule has 1 heterocycles. The molecule has 1 N–H and O–H groups in total. The van der Waals surface area contributed by atoms with E-state index in [2.05, 4.69) is 5.32 Å². The Kier molecular flexibility index (Phi) is 7.82. The molecule has 29 heavy (non-hydrogen) atoms. The summed E-state index contributed by atoms with van der Waals surface area (Å²) >= 11 is 0. The molecule has 1 saturated heterocycles. The van der Waals surface area contributed by atoms with Gasteiger partial charge in [-0.05, 0) is 58.7 Å². The Hall–Kier alpha value is -1.93. The van der Waals surface area contributed by atoms with Crippen LogP contribution in [0.15, 0.2) is 29.2 Å². The highest BCUT2D eigenvalue weighted by Crippen LogP contribution is 2.21. The number of rotatable bonds is 6. The molecule has 0 atom stereocenters. The maximum atomic E-state index is 13.0. The first-order valence-corrected chi connectivity index (χ1v) is 11.7. The molecule has 0 spiro atoms. The van der Waals surface area contributed by atoms with E-state index in [1.165, 1.54) is 21.3 Å². The van der Waals surface area contributed by atoms with Gasteiger partial charge >= 0.3 is 0 Å². The van der Waals surface area contributed by atoms with Crippen LogP contribution in [0.2, 0.25) is 0 Å². The molecule has 2 rings (SSSR count). The number of nitrogens with one attached hydrogen (secondary N) is 1. The standard InChI is InChI=1S/C21H33N3O4S/c1-5-23(16-19(25)22-21(2,3)4)20(26)17-11-10-12-18(15-17)29(27,28)24-13-8-6-7-9-14-24/h10-12,15H,5-9,13-14,16H2,1-4H3,(H,22,25). The maximum absolute atomic E-state index is 13.0. The fourth-order valence-corrected chi connectivity index (χ4v) is 4.93. The SMILES string of the molecule is CCN(CC(=O)NC(C)(C)C)C(=O)c1cccc(S(=O)(=O)N2CCCCCC2)c1. The van der Waals surface area contributed by atoms with Gasteiger partial charge in [0, 0.05) is 30.7 Å². The summed E-state index contributed by atoms with van der Waals surface area (Å²) < 4.78 is 27.6. The van der Waals surface area contributed by atoms with Crippen molar-refractivity contribution in [1.29, 1.82) is 0 Å². The largest absolute Gasteiger partial charge is 0.350 e. The predicted molar refractivity (Wildman–Crippen MR) is 113 cm³/mol. The van der Waals surface area contributed by atoms with Gasteiger partial charge in [0.15, 0.2) is 0 Å². The van der Waals surface area contributed by atoms with Crippen LogP contribution in [0.25, 0.3) is 0 Å². The van der Waals surface area contributed by atoms with Crippen LogP contribution in [0.5, 0.6) is 0 Å². The summed E-state index contributed by atoms with van der Waals surface area (Å²) in [5.41, 5.74) is -0.118. The quantitative estimate of drug-likeness (QED) is 0.762. The summed E-state index contributed by atoms with van der Waals surface area (Å²) in [6, 6.07) is 6.13. The Balaban J connectivity index is 2.20. The van der Waals surface area contributed by atoms with Crippen molar-refractivity contribution in [3.63, 3.8) is 0 Å². The van der Waals surface area contributed by atoms with Crippen LogP contribution >= 0.6 is 0 Å². The lowest BCUT2D eigenvalue weighted by Gasteiger charge is -2.25. The summed E-state index contributed by atoms with van der Waals surface area (Å²) in [6.45, 7) is 8.71. The van der Waals surface area contributed by atoms with Gasteiger partial charge in [-0.15, -0.1) is 0 Å². The molecule has 0 saturated carbocycles. The highest BCUT2D eigenvalue weighted by molar-refractivity contribution is 7.89. The number of amides is 2. The minimum Gasteiger partial charge on any atom is -0.350 e. The Labute approximate surface area is 174 Å². The molecule has 2 amide bonds. The van der Waals surface area contributed by atoms with E-state index in [1.807, 2.05) is 20.8 Å². The number of nitrogens with zero attached hydrogens (tertiary/aromatic N) is 2. The normalized spacial score (nSPS) is 16.1. The molecular weight excluding hydrogens is 390 g/mol. The van der Waals surface area contributed by atoms with E-state index >= 15 is 0 Å². The van der Waals surface area contributed by atoms with Crippen LogP contribution in [-0.2, 0) is 14.8 Å². The fourth-order valence-electron chi connectivity index (χ4n) is 3.36. The average molecular weight is 424 g/mol. The van der Waals surface area contributed by atoms with Crippen LogP contribution in [0.3, 0.4) is 0 Å². The first kappa shape index (κ1) is 23.3. The molecule has 0 aliphatic carbocycles. The fraction of sp³-hybridized carbons (Fsp3) is 0.619. The molecule has 1 aliphatic heterocycles. The van der Waals surface area contributed by atoms with Crippen molar-refractivity contribution < 1.29 is 18.0 Å². The minimum atomic E-state index is -3.64. The monoisotopic (exact) mass is 423 g/mol. The third kappa shape index (κ3) is 6.54. The number of carbonyl (C=O) groups is 2. The van der Waals surface area contributed by atoms with E-state index in [9.17, 15) is 18.0 Å². The number of likely N-dealkylation sites (N-methyl/N-ethyl adjacent to an activating group) is 1. The van der Waals surface area contributed by atoms with Crippen LogP contribution in [-0.4, -0.2) is 61.2 Å². The Morgan fingerprint density at radius 1 is 1.10 bits per heavy atom. The van der Waals surface area contributed by atoms with E-state index in [0.29, 0.717) is 19.6 Å². The molecule has 162 valence electrons. The zero-order chi connectivity index (χ0) is 21.7. The zero-order valence-corrected chi connectivity index (χ0v) is 18.7. The van der Waals surface area contributed by atoms with Gasteiger partial charge in [0.2, 0.25) is 15.9 Å². The highest BCUT2D eigenvalue weighted by atomic mass is 32.2. The van der Waals surface area contributed by atoms with Gasteiger partial charge in [0.05, 0.1) is 11.4 Å². The first-order chi connectivity index (χ1) is 13.5. The second-order valence-electron chi connectivity index (χ2n) is 8.46. The van der Waals surface area contributed by atoms with E-state index < -0.39 is 10.0 Å². The van der Waals surface area contributed by atoms with Crippen molar-refractivity contribution in [3.8, 4) is 0 Å².